The van der Waals surface area contributed by atoms with Crippen LogP contribution in [0.4, 0.5) is 5.82 Å². The molecule has 1 unspecified atom stereocenters. The molecule has 0 N–H and O–H groups in total. The summed E-state index contributed by atoms with van der Waals surface area (Å²) < 4.78 is 0. The van der Waals surface area contributed by atoms with E-state index in [0.29, 0.717) is 11.2 Å². The van der Waals surface area contributed by atoms with Crippen molar-refractivity contribution >= 4 is 17.4 Å². The van der Waals surface area contributed by atoms with E-state index < -0.39 is 0 Å². The fourth-order valence-electron chi connectivity index (χ4n) is 1.48. The number of hydrogen-bond acceptors (Lipinski definition) is 3. The van der Waals surface area contributed by atoms with Gasteiger partial charge in [-0.2, -0.15) is 0 Å². The third kappa shape index (κ3) is 3.34. The molecule has 0 saturated heterocycles. The van der Waals surface area contributed by atoms with E-state index in [0.717, 1.165) is 17.9 Å². The van der Waals surface area contributed by atoms with Gasteiger partial charge >= 0.3 is 0 Å². The summed E-state index contributed by atoms with van der Waals surface area (Å²) in [5, 5.41) is 0.312. The predicted molar refractivity (Wildman–Crippen MR) is 64.5 cm³/mol. The lowest BCUT2D eigenvalue weighted by atomic mass is 10.1. The van der Waals surface area contributed by atoms with Gasteiger partial charge in [-0.05, 0) is 24.4 Å². The van der Waals surface area contributed by atoms with Gasteiger partial charge in [0.1, 0.15) is 5.82 Å². The van der Waals surface area contributed by atoms with Crippen LogP contribution in [0.5, 0.6) is 0 Å². The molecule has 84 valence electrons. The zero-order chi connectivity index (χ0) is 11.4. The molecule has 0 aliphatic rings. The van der Waals surface area contributed by atoms with Gasteiger partial charge in [0.05, 0.1) is 0 Å². The Morgan fingerprint density at radius 3 is 2.80 bits per heavy atom. The average Bonchev–Trinajstić information content (AvgIpc) is 2.21. The molecule has 1 atom stereocenters. The molecular weight excluding hydrogens is 210 g/mol. The van der Waals surface area contributed by atoms with Gasteiger partial charge in [-0.25, -0.2) is 9.97 Å². The summed E-state index contributed by atoms with van der Waals surface area (Å²) >= 11 is 5.78. The van der Waals surface area contributed by atoms with Crippen molar-refractivity contribution in [1.82, 2.24) is 9.97 Å². The number of aromatic nitrogens is 2. The van der Waals surface area contributed by atoms with Crippen LogP contribution in [0.25, 0.3) is 0 Å². The highest BCUT2D eigenvalue weighted by atomic mass is 35.5. The summed E-state index contributed by atoms with van der Waals surface area (Å²) in [6, 6.07) is 0. The van der Waals surface area contributed by atoms with Crippen molar-refractivity contribution in [2.24, 2.45) is 5.92 Å². The molecule has 0 bridgehead atoms. The number of nitrogens with zero attached hydrogens (tertiary/aromatic N) is 3. The minimum Gasteiger partial charge on any atom is -0.359 e. The zero-order valence-electron chi connectivity index (χ0n) is 9.79. The van der Waals surface area contributed by atoms with Crippen molar-refractivity contribution in [3.63, 3.8) is 0 Å². The van der Waals surface area contributed by atoms with Crippen molar-refractivity contribution in [3.05, 3.63) is 17.0 Å². The predicted octanol–water partition coefficient (Wildman–Crippen LogP) is 2.92. The van der Waals surface area contributed by atoms with Gasteiger partial charge in [0.15, 0.2) is 0 Å². The van der Waals surface area contributed by atoms with Crippen LogP contribution in [0.2, 0.25) is 5.28 Å². The molecule has 15 heavy (non-hydrogen) atoms. The largest absolute Gasteiger partial charge is 0.359 e. The van der Waals surface area contributed by atoms with Crippen LogP contribution in [0, 0.1) is 12.8 Å². The Morgan fingerprint density at radius 2 is 2.20 bits per heavy atom. The van der Waals surface area contributed by atoms with E-state index in [1.54, 1.807) is 6.20 Å². The Labute approximate surface area is 96.5 Å². The molecule has 0 aliphatic heterocycles. The highest BCUT2D eigenvalue weighted by Gasteiger charge is 2.10. The smallest absolute Gasteiger partial charge is 0.224 e. The fourth-order valence-corrected chi connectivity index (χ4v) is 1.61. The number of halogens is 1. The molecule has 0 spiro atoms. The fraction of sp³-hybridized carbons (Fsp3) is 0.636. The van der Waals surface area contributed by atoms with E-state index in [-0.39, 0.29) is 0 Å². The van der Waals surface area contributed by atoms with Crippen LogP contribution in [-0.2, 0) is 0 Å². The molecule has 1 heterocycles. The summed E-state index contributed by atoms with van der Waals surface area (Å²) in [5.41, 5.74) is 1.06. The molecule has 0 aliphatic carbocycles. The first-order valence-electron chi connectivity index (χ1n) is 5.24. The molecule has 0 amide bonds. The molecule has 1 aromatic heterocycles. The zero-order valence-corrected chi connectivity index (χ0v) is 10.5. The molecule has 0 fully saturated rings. The topological polar surface area (TPSA) is 29.0 Å². The van der Waals surface area contributed by atoms with Gasteiger partial charge in [-0.15, -0.1) is 0 Å². The number of aryl methyl sites for hydroxylation is 1. The molecule has 0 radical (unpaired) electrons. The summed E-state index contributed by atoms with van der Waals surface area (Å²) in [4.78, 5) is 10.3. The van der Waals surface area contributed by atoms with Crippen LogP contribution >= 0.6 is 11.6 Å². The molecule has 3 nitrogen and oxygen atoms in total. The quantitative estimate of drug-likeness (QED) is 0.741. The molecule has 0 saturated carbocycles. The van der Waals surface area contributed by atoms with Gasteiger partial charge in [0.25, 0.3) is 0 Å². The third-order valence-electron chi connectivity index (χ3n) is 2.56. The maximum absolute atomic E-state index is 5.78. The Hall–Kier alpha value is -0.830. The SMILES string of the molecule is CCC(C)CN(C)c1nc(Cl)ncc1C. The Balaban J connectivity index is 2.80. The lowest BCUT2D eigenvalue weighted by molar-refractivity contribution is 0.557. The van der Waals surface area contributed by atoms with E-state index >= 15 is 0 Å². The first kappa shape index (κ1) is 12.2. The standard InChI is InChI=1S/C11H18ClN3/c1-5-8(2)7-15(4)10-9(3)6-13-11(12)14-10/h6,8H,5,7H2,1-4H3. The van der Waals surface area contributed by atoms with Crippen LogP contribution in [-0.4, -0.2) is 23.6 Å². The number of hydrogen-bond donors (Lipinski definition) is 0. The molecule has 0 aromatic carbocycles. The lowest BCUT2D eigenvalue weighted by Gasteiger charge is -2.23. The summed E-state index contributed by atoms with van der Waals surface area (Å²) in [7, 11) is 2.04. The summed E-state index contributed by atoms with van der Waals surface area (Å²) in [6.45, 7) is 7.41. The van der Waals surface area contributed by atoms with Crippen LogP contribution in [0.15, 0.2) is 6.20 Å². The van der Waals surface area contributed by atoms with Crippen molar-refractivity contribution in [2.75, 3.05) is 18.5 Å². The molecular formula is C11H18ClN3. The molecule has 4 heteroatoms. The highest BCUT2D eigenvalue weighted by Crippen LogP contribution is 2.18. The first-order valence-corrected chi connectivity index (χ1v) is 5.62. The van der Waals surface area contributed by atoms with Crippen molar-refractivity contribution < 1.29 is 0 Å². The second-order valence-corrected chi connectivity index (χ2v) is 4.38. The van der Waals surface area contributed by atoms with Gasteiger partial charge in [-0.3, -0.25) is 0 Å². The summed E-state index contributed by atoms with van der Waals surface area (Å²) in [5.74, 6) is 1.58. The van der Waals surface area contributed by atoms with Crippen molar-refractivity contribution in [1.29, 1.82) is 0 Å². The highest BCUT2D eigenvalue weighted by molar-refractivity contribution is 6.28. The van der Waals surface area contributed by atoms with Crippen LogP contribution in [0.1, 0.15) is 25.8 Å². The monoisotopic (exact) mass is 227 g/mol. The average molecular weight is 228 g/mol. The van der Waals surface area contributed by atoms with Crippen molar-refractivity contribution in [3.8, 4) is 0 Å². The first-order chi connectivity index (χ1) is 7.04. The van der Waals surface area contributed by atoms with Gasteiger partial charge in [0, 0.05) is 25.4 Å². The maximum atomic E-state index is 5.78. The van der Waals surface area contributed by atoms with Crippen LogP contribution in [0.3, 0.4) is 0 Å². The van der Waals surface area contributed by atoms with Crippen LogP contribution < -0.4 is 4.90 Å². The minimum absolute atomic E-state index is 0.312. The van der Waals surface area contributed by atoms with E-state index in [2.05, 4.69) is 28.7 Å². The Morgan fingerprint density at radius 1 is 1.53 bits per heavy atom. The van der Waals surface area contributed by atoms with Gasteiger partial charge < -0.3 is 4.90 Å². The number of anilines is 1. The normalized spacial score (nSPS) is 12.6. The summed E-state index contributed by atoms with van der Waals surface area (Å²) in [6.07, 6.45) is 2.93. The van der Waals surface area contributed by atoms with E-state index in [1.807, 2.05) is 14.0 Å². The third-order valence-corrected chi connectivity index (χ3v) is 2.74. The number of rotatable bonds is 4. The van der Waals surface area contributed by atoms with E-state index in [4.69, 9.17) is 11.6 Å². The second-order valence-electron chi connectivity index (χ2n) is 4.04. The van der Waals surface area contributed by atoms with Gasteiger partial charge in [0.2, 0.25) is 5.28 Å². The van der Waals surface area contributed by atoms with E-state index in [9.17, 15) is 0 Å². The molecule has 1 rings (SSSR count). The second kappa shape index (κ2) is 5.31. The minimum atomic E-state index is 0.312. The maximum Gasteiger partial charge on any atom is 0.224 e. The molecule has 1 aromatic rings. The van der Waals surface area contributed by atoms with E-state index in [1.165, 1.54) is 6.42 Å². The van der Waals surface area contributed by atoms with Crippen molar-refractivity contribution in [2.45, 2.75) is 27.2 Å². The Bertz CT molecular complexity index is 328. The lowest BCUT2D eigenvalue weighted by Crippen LogP contribution is -2.25. The van der Waals surface area contributed by atoms with Gasteiger partial charge in [-0.1, -0.05) is 20.3 Å². The Kier molecular flexibility index (Phi) is 4.33.